The molecule has 0 spiro atoms. The Labute approximate surface area is 180 Å². The Kier molecular flexibility index (Phi) is 5.55. The van der Waals surface area contributed by atoms with Crippen molar-refractivity contribution in [1.82, 2.24) is 5.32 Å². The zero-order valence-corrected chi connectivity index (χ0v) is 17.2. The number of amides is 1. The van der Waals surface area contributed by atoms with Gasteiger partial charge in [0.05, 0.1) is 4.47 Å². The molecule has 0 saturated heterocycles. The van der Waals surface area contributed by atoms with Crippen molar-refractivity contribution in [2.45, 2.75) is 12.0 Å². The summed E-state index contributed by atoms with van der Waals surface area (Å²) in [6.45, 7) is 0.0349. The van der Waals surface area contributed by atoms with Crippen LogP contribution in [0.15, 0.2) is 71.2 Å². The van der Waals surface area contributed by atoms with Crippen molar-refractivity contribution in [1.29, 1.82) is 0 Å². The monoisotopic (exact) mass is 469 g/mol. The molecule has 1 aliphatic rings. The van der Waals surface area contributed by atoms with E-state index in [0.29, 0.717) is 0 Å². The van der Waals surface area contributed by atoms with E-state index in [-0.39, 0.29) is 22.6 Å². The second-order valence-electron chi connectivity index (χ2n) is 6.88. The molecule has 7 heteroatoms. The molecule has 0 heterocycles. The van der Waals surface area contributed by atoms with Gasteiger partial charge in [-0.3, -0.25) is 0 Å². The fourth-order valence-corrected chi connectivity index (χ4v) is 4.16. The van der Waals surface area contributed by atoms with Gasteiger partial charge in [0, 0.05) is 11.5 Å². The first-order valence-corrected chi connectivity index (χ1v) is 10.0. The molecule has 4 rings (SSSR count). The van der Waals surface area contributed by atoms with Crippen LogP contribution < -0.4 is 5.32 Å². The molecule has 1 unspecified atom stereocenters. The van der Waals surface area contributed by atoms with Crippen LogP contribution in [0.25, 0.3) is 11.1 Å². The molecule has 0 aromatic heterocycles. The molecule has 1 atom stereocenters. The van der Waals surface area contributed by atoms with Gasteiger partial charge in [-0.2, -0.15) is 0 Å². The van der Waals surface area contributed by atoms with Crippen LogP contribution in [0.2, 0.25) is 0 Å². The summed E-state index contributed by atoms with van der Waals surface area (Å²) < 4.78 is 19.8. The van der Waals surface area contributed by atoms with Crippen molar-refractivity contribution < 1.29 is 23.8 Å². The fraction of sp³-hybridized carbons (Fsp3) is 0.130. The highest BCUT2D eigenvalue weighted by Crippen LogP contribution is 2.44. The maximum Gasteiger partial charge on any atom is 0.408 e. The predicted molar refractivity (Wildman–Crippen MR) is 113 cm³/mol. The summed E-state index contributed by atoms with van der Waals surface area (Å²) in [6.07, 6.45) is -0.927. The van der Waals surface area contributed by atoms with Gasteiger partial charge in [0.15, 0.2) is 6.04 Å². The number of alkyl carbamates (subject to hydrolysis) is 1. The molecule has 1 aliphatic carbocycles. The summed E-state index contributed by atoms with van der Waals surface area (Å²) >= 11 is 3.02. The number of aliphatic carboxylic acids is 1. The summed E-state index contributed by atoms with van der Waals surface area (Å²) in [5, 5.41) is 11.7. The summed E-state index contributed by atoms with van der Waals surface area (Å²) in [5.74, 6) is -2.29. The SMILES string of the molecule is O=C(NC(C(=O)O)c1cccc(Br)c1F)OCC1c2ccccc2-c2ccccc21. The number of carbonyl (C=O) groups excluding carboxylic acids is 1. The van der Waals surface area contributed by atoms with Gasteiger partial charge in [-0.05, 0) is 44.3 Å². The van der Waals surface area contributed by atoms with Gasteiger partial charge in [-0.25, -0.2) is 14.0 Å². The van der Waals surface area contributed by atoms with E-state index in [1.165, 1.54) is 18.2 Å². The van der Waals surface area contributed by atoms with Crippen molar-refractivity contribution in [2.24, 2.45) is 0 Å². The molecular formula is C23H17BrFNO4. The Morgan fingerprint density at radius 2 is 1.60 bits per heavy atom. The minimum Gasteiger partial charge on any atom is -0.479 e. The third-order valence-electron chi connectivity index (χ3n) is 5.15. The molecule has 0 radical (unpaired) electrons. The van der Waals surface area contributed by atoms with Crippen LogP contribution in [0, 0.1) is 5.82 Å². The summed E-state index contributed by atoms with van der Waals surface area (Å²) in [5.41, 5.74) is 4.09. The van der Waals surface area contributed by atoms with Crippen molar-refractivity contribution in [3.05, 3.63) is 93.7 Å². The quantitative estimate of drug-likeness (QED) is 0.534. The molecule has 0 saturated carbocycles. The molecule has 1 amide bonds. The Morgan fingerprint density at radius 3 is 2.20 bits per heavy atom. The number of ether oxygens (including phenoxy) is 1. The third kappa shape index (κ3) is 3.68. The first-order valence-electron chi connectivity index (χ1n) is 9.25. The average Bonchev–Trinajstić information content (AvgIpc) is 3.06. The minimum absolute atomic E-state index is 0.0349. The fourth-order valence-electron chi connectivity index (χ4n) is 3.77. The predicted octanol–water partition coefficient (Wildman–Crippen LogP) is 5.25. The molecule has 3 aromatic rings. The maximum absolute atomic E-state index is 14.3. The van der Waals surface area contributed by atoms with E-state index in [1.54, 1.807) is 0 Å². The van der Waals surface area contributed by atoms with Crippen LogP contribution in [-0.2, 0) is 9.53 Å². The Morgan fingerprint density at radius 1 is 1.00 bits per heavy atom. The Bertz CT molecular complexity index is 1090. The third-order valence-corrected chi connectivity index (χ3v) is 5.76. The molecule has 152 valence electrons. The van der Waals surface area contributed by atoms with Gasteiger partial charge in [-0.15, -0.1) is 0 Å². The van der Waals surface area contributed by atoms with Crippen molar-refractivity contribution in [3.63, 3.8) is 0 Å². The topological polar surface area (TPSA) is 75.6 Å². The lowest BCUT2D eigenvalue weighted by Gasteiger charge is -2.18. The normalized spacial score (nSPS) is 13.3. The molecule has 3 aromatic carbocycles. The lowest BCUT2D eigenvalue weighted by Crippen LogP contribution is -2.35. The van der Waals surface area contributed by atoms with Crippen LogP contribution in [0.3, 0.4) is 0 Å². The van der Waals surface area contributed by atoms with Crippen LogP contribution >= 0.6 is 15.9 Å². The number of carboxylic acid groups (broad SMARTS) is 1. The van der Waals surface area contributed by atoms with Crippen molar-refractivity contribution >= 4 is 28.0 Å². The van der Waals surface area contributed by atoms with Gasteiger partial charge >= 0.3 is 12.1 Å². The van der Waals surface area contributed by atoms with E-state index in [0.717, 1.165) is 22.3 Å². The number of benzene rings is 3. The van der Waals surface area contributed by atoms with E-state index in [1.807, 2.05) is 48.5 Å². The largest absolute Gasteiger partial charge is 0.479 e. The minimum atomic E-state index is -1.57. The summed E-state index contributed by atoms with van der Waals surface area (Å²) in [7, 11) is 0. The van der Waals surface area contributed by atoms with Gasteiger partial charge in [0.2, 0.25) is 0 Å². The first-order chi connectivity index (χ1) is 14.5. The number of carbonyl (C=O) groups is 2. The first kappa shape index (κ1) is 20.1. The average molecular weight is 470 g/mol. The van der Waals surface area contributed by atoms with E-state index < -0.39 is 23.9 Å². The summed E-state index contributed by atoms with van der Waals surface area (Å²) in [6, 6.07) is 18.4. The Balaban J connectivity index is 1.51. The Hall–Kier alpha value is -3.19. The van der Waals surface area contributed by atoms with Gasteiger partial charge < -0.3 is 15.2 Å². The number of rotatable bonds is 5. The van der Waals surface area contributed by atoms with E-state index in [9.17, 15) is 19.1 Å². The highest BCUT2D eigenvalue weighted by atomic mass is 79.9. The van der Waals surface area contributed by atoms with Crippen LogP contribution in [0.4, 0.5) is 9.18 Å². The number of hydrogen-bond acceptors (Lipinski definition) is 3. The van der Waals surface area contributed by atoms with Gasteiger partial charge in [-0.1, -0.05) is 60.7 Å². The van der Waals surface area contributed by atoms with Crippen LogP contribution in [-0.4, -0.2) is 23.8 Å². The second-order valence-corrected chi connectivity index (χ2v) is 7.74. The van der Waals surface area contributed by atoms with Crippen molar-refractivity contribution in [2.75, 3.05) is 6.61 Å². The van der Waals surface area contributed by atoms with Crippen LogP contribution in [0.5, 0.6) is 0 Å². The zero-order chi connectivity index (χ0) is 21.3. The van der Waals surface area contributed by atoms with E-state index in [4.69, 9.17) is 4.74 Å². The molecule has 30 heavy (non-hydrogen) atoms. The smallest absolute Gasteiger partial charge is 0.408 e. The number of halogens is 2. The molecule has 0 bridgehead atoms. The number of hydrogen-bond donors (Lipinski definition) is 2. The number of fused-ring (bicyclic) bond motifs is 3. The number of carboxylic acids is 1. The number of nitrogens with one attached hydrogen (secondary N) is 1. The van der Waals surface area contributed by atoms with Gasteiger partial charge in [0.1, 0.15) is 12.4 Å². The highest BCUT2D eigenvalue weighted by molar-refractivity contribution is 9.10. The molecule has 0 fully saturated rings. The second kappa shape index (κ2) is 8.28. The zero-order valence-electron chi connectivity index (χ0n) is 15.6. The molecule has 0 aliphatic heterocycles. The lowest BCUT2D eigenvalue weighted by atomic mass is 9.98. The highest BCUT2D eigenvalue weighted by Gasteiger charge is 2.30. The van der Waals surface area contributed by atoms with Crippen molar-refractivity contribution in [3.8, 4) is 11.1 Å². The molecule has 5 nitrogen and oxygen atoms in total. The molecule has 2 N–H and O–H groups in total. The lowest BCUT2D eigenvalue weighted by molar-refractivity contribution is -0.139. The summed E-state index contributed by atoms with van der Waals surface area (Å²) in [4.78, 5) is 24.0. The van der Waals surface area contributed by atoms with Gasteiger partial charge in [0.25, 0.3) is 0 Å². The molecular weight excluding hydrogens is 453 g/mol. The standard InChI is InChI=1S/C23H17BrFNO4/c24-19-11-5-10-17(20(19)25)21(22(27)28)26-23(29)30-12-18-15-8-3-1-6-13(15)14-7-2-4-9-16(14)18/h1-11,18,21H,12H2,(H,26,29)(H,27,28). The van der Waals surface area contributed by atoms with Crippen LogP contribution in [0.1, 0.15) is 28.7 Å². The van der Waals surface area contributed by atoms with E-state index >= 15 is 0 Å². The van der Waals surface area contributed by atoms with E-state index in [2.05, 4.69) is 21.2 Å². The maximum atomic E-state index is 14.3.